The molecule has 2 atom stereocenters. The minimum atomic E-state index is -4.29. The van der Waals surface area contributed by atoms with E-state index in [9.17, 15) is 13.2 Å². The van der Waals surface area contributed by atoms with E-state index < -0.39 is 18.8 Å². The minimum absolute atomic E-state index is 0.288. The summed E-state index contributed by atoms with van der Waals surface area (Å²) >= 11 is 0. The average molecular weight is 432 g/mol. The third-order valence-corrected chi connectivity index (χ3v) is 6.25. The molecule has 0 aliphatic carbocycles. The second-order valence-electron chi connectivity index (χ2n) is 8.34. The number of nitrogens with zero attached hydrogens (tertiary/aromatic N) is 3. The van der Waals surface area contributed by atoms with Crippen molar-refractivity contribution in [1.82, 2.24) is 20.1 Å². The highest BCUT2D eigenvalue weighted by atomic mass is 19.4. The summed E-state index contributed by atoms with van der Waals surface area (Å²) in [6.45, 7) is 5.12. The summed E-state index contributed by atoms with van der Waals surface area (Å²) in [4.78, 5) is 6.13. The lowest BCUT2D eigenvalue weighted by Crippen LogP contribution is -2.47. The lowest BCUT2D eigenvalue weighted by atomic mass is 9.85. The summed E-state index contributed by atoms with van der Waals surface area (Å²) in [7, 11) is 0. The molecule has 0 radical (unpaired) electrons. The van der Waals surface area contributed by atoms with Crippen molar-refractivity contribution in [3.63, 3.8) is 0 Å². The number of pyridine rings is 1. The number of aromatic amines is 1. The largest absolute Gasteiger partial charge is 0.401 e. The van der Waals surface area contributed by atoms with Crippen LogP contribution < -0.4 is 5.32 Å². The van der Waals surface area contributed by atoms with Crippen LogP contribution in [0.2, 0.25) is 0 Å². The number of anilines is 1. The van der Waals surface area contributed by atoms with Crippen molar-refractivity contribution >= 4 is 16.6 Å². The first-order valence-corrected chi connectivity index (χ1v) is 10.8. The number of aromatic nitrogens is 3. The predicted octanol–water partition coefficient (Wildman–Crippen LogP) is 5.46. The van der Waals surface area contributed by atoms with Crippen LogP contribution in [-0.4, -0.2) is 44.9 Å². The van der Waals surface area contributed by atoms with Gasteiger partial charge in [0.1, 0.15) is 0 Å². The third-order valence-electron chi connectivity index (χ3n) is 6.25. The smallest absolute Gasteiger partial charge is 0.381 e. The Morgan fingerprint density at radius 2 is 1.94 bits per heavy atom. The zero-order valence-electron chi connectivity index (χ0n) is 18.0. The molecule has 0 saturated heterocycles. The number of rotatable bonds is 6. The SMILES string of the molecule is CCC(CC)Nc1ccc([C@H]2c3ccc4[nH]ncc4c3C[C@H](C)N2CC(F)(F)F)nc1. The molecular formula is C23H28F3N5. The van der Waals surface area contributed by atoms with Gasteiger partial charge in [0.2, 0.25) is 0 Å². The highest BCUT2D eigenvalue weighted by Crippen LogP contribution is 2.41. The Kier molecular flexibility index (Phi) is 5.92. The van der Waals surface area contributed by atoms with Crippen molar-refractivity contribution < 1.29 is 13.2 Å². The molecule has 3 aromatic rings. The number of nitrogens with one attached hydrogen (secondary N) is 2. The van der Waals surface area contributed by atoms with Gasteiger partial charge in [-0.3, -0.25) is 15.0 Å². The molecule has 0 saturated carbocycles. The van der Waals surface area contributed by atoms with E-state index in [0.717, 1.165) is 40.6 Å². The molecular weight excluding hydrogens is 403 g/mol. The summed E-state index contributed by atoms with van der Waals surface area (Å²) in [6.07, 6.45) is 1.72. The van der Waals surface area contributed by atoms with Gasteiger partial charge in [0.15, 0.2) is 0 Å². The molecule has 8 heteroatoms. The summed E-state index contributed by atoms with van der Waals surface area (Å²) < 4.78 is 40.4. The monoisotopic (exact) mass is 431 g/mol. The van der Waals surface area contributed by atoms with E-state index in [1.807, 2.05) is 31.2 Å². The van der Waals surface area contributed by atoms with Crippen LogP contribution in [0, 0.1) is 0 Å². The first kappa shape index (κ1) is 21.6. The summed E-state index contributed by atoms with van der Waals surface area (Å²) in [6, 6.07) is 7.05. The van der Waals surface area contributed by atoms with Crippen molar-refractivity contribution in [3.05, 3.63) is 53.5 Å². The zero-order chi connectivity index (χ0) is 22.2. The number of benzene rings is 1. The Balaban J connectivity index is 1.76. The quantitative estimate of drug-likeness (QED) is 0.544. The number of hydrogen-bond donors (Lipinski definition) is 2. The van der Waals surface area contributed by atoms with E-state index in [1.165, 1.54) is 4.90 Å². The lowest BCUT2D eigenvalue weighted by Gasteiger charge is -2.42. The molecule has 0 amide bonds. The van der Waals surface area contributed by atoms with Gasteiger partial charge in [-0.25, -0.2) is 0 Å². The molecule has 2 aromatic heterocycles. The van der Waals surface area contributed by atoms with Gasteiger partial charge in [-0.15, -0.1) is 0 Å². The zero-order valence-corrected chi connectivity index (χ0v) is 18.0. The van der Waals surface area contributed by atoms with Crippen LogP contribution in [-0.2, 0) is 6.42 Å². The van der Waals surface area contributed by atoms with Crippen LogP contribution in [0.1, 0.15) is 56.5 Å². The highest BCUT2D eigenvalue weighted by Gasteiger charge is 2.41. The normalized spacial score (nSPS) is 19.7. The van der Waals surface area contributed by atoms with Gasteiger partial charge in [-0.2, -0.15) is 18.3 Å². The molecule has 1 aliphatic rings. The molecule has 0 spiro atoms. The van der Waals surface area contributed by atoms with Gasteiger partial charge in [-0.05, 0) is 55.5 Å². The lowest BCUT2D eigenvalue weighted by molar-refractivity contribution is -0.155. The van der Waals surface area contributed by atoms with Crippen molar-refractivity contribution in [2.24, 2.45) is 0 Å². The van der Waals surface area contributed by atoms with Gasteiger partial charge >= 0.3 is 6.18 Å². The number of halogens is 3. The maximum absolute atomic E-state index is 13.5. The fraction of sp³-hybridized carbons (Fsp3) is 0.478. The molecule has 0 unspecified atom stereocenters. The van der Waals surface area contributed by atoms with Gasteiger partial charge in [0.25, 0.3) is 0 Å². The van der Waals surface area contributed by atoms with E-state index in [2.05, 4.69) is 34.3 Å². The number of fused-ring (bicyclic) bond motifs is 3. The fourth-order valence-electron chi connectivity index (χ4n) is 4.59. The Labute approximate surface area is 180 Å². The number of alkyl halides is 3. The summed E-state index contributed by atoms with van der Waals surface area (Å²) in [5, 5.41) is 11.5. The third kappa shape index (κ3) is 4.39. The first-order valence-electron chi connectivity index (χ1n) is 10.8. The van der Waals surface area contributed by atoms with Crippen LogP contribution in [0.4, 0.5) is 18.9 Å². The maximum Gasteiger partial charge on any atom is 0.401 e. The van der Waals surface area contributed by atoms with Crippen LogP contribution >= 0.6 is 0 Å². The molecule has 31 heavy (non-hydrogen) atoms. The van der Waals surface area contributed by atoms with E-state index in [4.69, 9.17) is 0 Å². The van der Waals surface area contributed by atoms with Crippen molar-refractivity contribution in [3.8, 4) is 0 Å². The van der Waals surface area contributed by atoms with E-state index in [-0.39, 0.29) is 6.04 Å². The summed E-state index contributed by atoms with van der Waals surface area (Å²) in [5.41, 5.74) is 4.31. The second-order valence-corrected chi connectivity index (χ2v) is 8.34. The molecule has 4 rings (SSSR count). The number of hydrogen-bond acceptors (Lipinski definition) is 4. The van der Waals surface area contributed by atoms with Gasteiger partial charge in [0.05, 0.1) is 41.9 Å². The molecule has 2 N–H and O–H groups in total. The van der Waals surface area contributed by atoms with E-state index in [0.29, 0.717) is 18.2 Å². The molecule has 0 fully saturated rings. The predicted molar refractivity (Wildman–Crippen MR) is 116 cm³/mol. The van der Waals surface area contributed by atoms with Gasteiger partial charge in [0, 0.05) is 17.5 Å². The maximum atomic E-state index is 13.5. The van der Waals surface area contributed by atoms with E-state index in [1.54, 1.807) is 12.4 Å². The Morgan fingerprint density at radius 1 is 1.16 bits per heavy atom. The van der Waals surface area contributed by atoms with Gasteiger partial charge < -0.3 is 5.32 Å². The van der Waals surface area contributed by atoms with Crippen molar-refractivity contribution in [1.29, 1.82) is 0 Å². The van der Waals surface area contributed by atoms with E-state index >= 15 is 0 Å². The van der Waals surface area contributed by atoms with Crippen LogP contribution in [0.25, 0.3) is 10.9 Å². The van der Waals surface area contributed by atoms with Crippen LogP contribution in [0.5, 0.6) is 0 Å². The Hall–Kier alpha value is -2.61. The van der Waals surface area contributed by atoms with Crippen LogP contribution in [0.15, 0.2) is 36.7 Å². The standard InChI is InChI=1S/C23H28F3N5/c1-4-15(5-2)29-16-6-8-21(27-11-16)22-17-7-9-20-19(12-28-30-20)18(17)10-14(3)31(22)13-23(24,25)26/h6-9,11-12,14-15,22,29H,4-5,10,13H2,1-3H3,(H,28,30)/t14-,22+/m0/s1. The fourth-order valence-corrected chi connectivity index (χ4v) is 4.59. The Morgan fingerprint density at radius 3 is 2.58 bits per heavy atom. The summed E-state index contributed by atoms with van der Waals surface area (Å²) in [5.74, 6) is 0. The Bertz CT molecular complexity index is 1020. The first-order chi connectivity index (χ1) is 14.8. The topological polar surface area (TPSA) is 56.8 Å². The van der Waals surface area contributed by atoms with Crippen molar-refractivity contribution in [2.75, 3.05) is 11.9 Å². The highest BCUT2D eigenvalue weighted by molar-refractivity contribution is 5.83. The second kappa shape index (κ2) is 8.49. The van der Waals surface area contributed by atoms with Crippen LogP contribution in [0.3, 0.4) is 0 Å². The average Bonchev–Trinajstić information content (AvgIpc) is 3.22. The number of H-pyrrole nitrogens is 1. The molecule has 0 bridgehead atoms. The molecule has 5 nitrogen and oxygen atoms in total. The van der Waals surface area contributed by atoms with Gasteiger partial charge in [-0.1, -0.05) is 19.9 Å². The molecule has 1 aliphatic heterocycles. The van der Waals surface area contributed by atoms with Crippen molar-refractivity contribution in [2.45, 2.75) is 64.3 Å². The molecule has 166 valence electrons. The molecule has 1 aromatic carbocycles. The molecule has 3 heterocycles. The minimum Gasteiger partial charge on any atom is -0.381 e.